The van der Waals surface area contributed by atoms with Crippen LogP contribution in [0.2, 0.25) is 0 Å². The molecule has 1 aromatic heterocycles. The first-order valence-corrected chi connectivity index (χ1v) is 11.7. The SMILES string of the molecule is NC1CCC(CNCC2CCN(c3cnc(C4CCC(=O)NC4=O)cc3F)CC2)CC1. The molecule has 3 heterocycles. The van der Waals surface area contributed by atoms with Crippen LogP contribution in [0.4, 0.5) is 10.1 Å². The molecule has 2 aliphatic heterocycles. The Kier molecular flexibility index (Phi) is 7.17. The molecule has 7 nitrogen and oxygen atoms in total. The Balaban J connectivity index is 1.24. The Hall–Kier alpha value is -2.06. The molecule has 0 radical (unpaired) electrons. The highest BCUT2D eigenvalue weighted by Crippen LogP contribution is 2.29. The van der Waals surface area contributed by atoms with E-state index in [1.807, 2.05) is 0 Å². The van der Waals surface area contributed by atoms with Gasteiger partial charge in [-0.05, 0) is 75.9 Å². The number of nitrogens with two attached hydrogens (primary N) is 1. The summed E-state index contributed by atoms with van der Waals surface area (Å²) in [6.07, 6.45) is 8.98. The molecule has 3 aliphatic rings. The molecule has 0 spiro atoms. The number of anilines is 1. The van der Waals surface area contributed by atoms with Gasteiger partial charge in [-0.3, -0.25) is 19.9 Å². The van der Waals surface area contributed by atoms with Crippen molar-refractivity contribution in [2.45, 2.75) is 63.3 Å². The highest BCUT2D eigenvalue weighted by atomic mass is 19.1. The number of aromatic nitrogens is 1. The van der Waals surface area contributed by atoms with Crippen LogP contribution in [0.25, 0.3) is 0 Å². The lowest BCUT2D eigenvalue weighted by Gasteiger charge is -2.34. The Morgan fingerprint density at radius 2 is 1.74 bits per heavy atom. The van der Waals surface area contributed by atoms with Gasteiger partial charge in [0.05, 0.1) is 23.5 Å². The maximum Gasteiger partial charge on any atom is 0.235 e. The van der Waals surface area contributed by atoms with Crippen LogP contribution in [0, 0.1) is 17.7 Å². The van der Waals surface area contributed by atoms with E-state index in [1.54, 1.807) is 6.20 Å². The normalized spacial score (nSPS) is 27.9. The van der Waals surface area contributed by atoms with Gasteiger partial charge in [-0.25, -0.2) is 4.39 Å². The Bertz CT molecular complexity index is 788. The van der Waals surface area contributed by atoms with Gasteiger partial charge in [0.25, 0.3) is 0 Å². The number of amides is 2. The van der Waals surface area contributed by atoms with E-state index in [9.17, 15) is 14.0 Å². The average Bonchev–Trinajstić information content (AvgIpc) is 2.76. The molecule has 1 atom stereocenters. The van der Waals surface area contributed by atoms with E-state index in [1.165, 1.54) is 18.9 Å². The highest BCUT2D eigenvalue weighted by Gasteiger charge is 2.30. The van der Waals surface area contributed by atoms with Gasteiger partial charge in [0.2, 0.25) is 11.8 Å². The van der Waals surface area contributed by atoms with Gasteiger partial charge in [-0.2, -0.15) is 0 Å². The van der Waals surface area contributed by atoms with Gasteiger partial charge in [0.1, 0.15) is 5.82 Å². The summed E-state index contributed by atoms with van der Waals surface area (Å²) >= 11 is 0. The van der Waals surface area contributed by atoms with E-state index < -0.39 is 5.92 Å². The van der Waals surface area contributed by atoms with E-state index >= 15 is 0 Å². The molecule has 1 saturated carbocycles. The van der Waals surface area contributed by atoms with Crippen molar-refractivity contribution in [3.8, 4) is 0 Å². The van der Waals surface area contributed by atoms with Crippen molar-refractivity contribution in [3.63, 3.8) is 0 Å². The second kappa shape index (κ2) is 10.0. The van der Waals surface area contributed by atoms with Crippen LogP contribution < -0.4 is 21.3 Å². The van der Waals surface area contributed by atoms with Crippen LogP contribution in [-0.4, -0.2) is 49.0 Å². The number of piperidine rings is 2. The van der Waals surface area contributed by atoms with Crippen molar-refractivity contribution in [2.75, 3.05) is 31.1 Å². The predicted octanol–water partition coefficient (Wildman–Crippen LogP) is 2.06. The molecule has 2 saturated heterocycles. The molecular weight excluding hydrogens is 397 g/mol. The van der Waals surface area contributed by atoms with Crippen LogP contribution in [0.15, 0.2) is 12.3 Å². The van der Waals surface area contributed by atoms with Crippen LogP contribution in [-0.2, 0) is 9.59 Å². The van der Waals surface area contributed by atoms with Crippen LogP contribution in [0.5, 0.6) is 0 Å². The number of nitrogens with one attached hydrogen (secondary N) is 2. The van der Waals surface area contributed by atoms with Crippen molar-refractivity contribution < 1.29 is 14.0 Å². The Labute approximate surface area is 183 Å². The Morgan fingerprint density at radius 1 is 1.06 bits per heavy atom. The van der Waals surface area contributed by atoms with Gasteiger partial charge >= 0.3 is 0 Å². The number of pyridine rings is 1. The summed E-state index contributed by atoms with van der Waals surface area (Å²) in [4.78, 5) is 29.8. The molecule has 0 bridgehead atoms. The van der Waals surface area contributed by atoms with Crippen molar-refractivity contribution >= 4 is 17.5 Å². The van der Waals surface area contributed by atoms with E-state index in [4.69, 9.17) is 5.73 Å². The van der Waals surface area contributed by atoms with E-state index in [2.05, 4.69) is 20.5 Å². The molecule has 4 N–H and O–H groups in total. The quantitative estimate of drug-likeness (QED) is 0.596. The van der Waals surface area contributed by atoms with Gasteiger partial charge in [0.15, 0.2) is 0 Å². The van der Waals surface area contributed by atoms with E-state index in [0.717, 1.165) is 57.8 Å². The maximum atomic E-state index is 14.8. The molecule has 8 heteroatoms. The second-order valence-electron chi connectivity index (χ2n) is 9.43. The summed E-state index contributed by atoms with van der Waals surface area (Å²) in [6, 6.07) is 1.76. The number of nitrogens with zero attached hydrogens (tertiary/aromatic N) is 2. The largest absolute Gasteiger partial charge is 0.368 e. The van der Waals surface area contributed by atoms with Crippen LogP contribution in [0.3, 0.4) is 0 Å². The standard InChI is InChI=1S/C23H34FN5O2/c24-19-11-20(18-5-6-22(30)28-23(18)31)27-14-21(19)29-9-7-16(8-10-29)13-26-12-15-1-3-17(25)4-2-15/h11,14-18,26H,1-10,12-13,25H2,(H,28,30,31). The molecule has 31 heavy (non-hydrogen) atoms. The van der Waals surface area contributed by atoms with Gasteiger partial charge in [-0.1, -0.05) is 0 Å². The summed E-state index contributed by atoms with van der Waals surface area (Å²) < 4.78 is 14.8. The number of rotatable bonds is 6. The van der Waals surface area contributed by atoms with Crippen molar-refractivity contribution in [3.05, 3.63) is 23.8 Å². The molecule has 0 aromatic carbocycles. The van der Waals surface area contributed by atoms with Crippen molar-refractivity contribution in [1.82, 2.24) is 15.6 Å². The number of halogens is 1. The fraction of sp³-hybridized carbons (Fsp3) is 0.696. The summed E-state index contributed by atoms with van der Waals surface area (Å²) in [5.74, 6) is -0.206. The third kappa shape index (κ3) is 5.60. The van der Waals surface area contributed by atoms with Gasteiger partial charge < -0.3 is 16.0 Å². The first-order valence-electron chi connectivity index (χ1n) is 11.7. The first-order chi connectivity index (χ1) is 15.0. The fourth-order valence-corrected chi connectivity index (χ4v) is 5.10. The predicted molar refractivity (Wildman–Crippen MR) is 117 cm³/mol. The molecule has 1 aliphatic carbocycles. The molecule has 4 rings (SSSR count). The zero-order chi connectivity index (χ0) is 21.8. The summed E-state index contributed by atoms with van der Waals surface area (Å²) in [6.45, 7) is 3.71. The first kappa shape index (κ1) is 22.1. The van der Waals surface area contributed by atoms with Crippen molar-refractivity contribution in [2.24, 2.45) is 17.6 Å². The molecule has 2 amide bonds. The number of hydrogen-bond acceptors (Lipinski definition) is 6. The third-order valence-corrected chi connectivity index (χ3v) is 7.16. The summed E-state index contributed by atoms with van der Waals surface area (Å²) in [7, 11) is 0. The van der Waals surface area contributed by atoms with Crippen LogP contribution >= 0.6 is 0 Å². The highest BCUT2D eigenvalue weighted by molar-refractivity contribution is 6.00. The molecule has 1 aromatic rings. The third-order valence-electron chi connectivity index (χ3n) is 7.16. The zero-order valence-electron chi connectivity index (χ0n) is 18.1. The average molecular weight is 432 g/mol. The minimum atomic E-state index is -0.557. The molecule has 1 unspecified atom stereocenters. The fourth-order valence-electron chi connectivity index (χ4n) is 5.10. The van der Waals surface area contributed by atoms with E-state index in [0.29, 0.717) is 29.8 Å². The van der Waals surface area contributed by atoms with Crippen LogP contribution in [0.1, 0.15) is 63.0 Å². The minimum Gasteiger partial charge on any atom is -0.368 e. The molecular formula is C23H34FN5O2. The smallest absolute Gasteiger partial charge is 0.235 e. The van der Waals surface area contributed by atoms with Gasteiger partial charge in [0, 0.05) is 25.6 Å². The Morgan fingerprint density at radius 3 is 2.39 bits per heavy atom. The minimum absolute atomic E-state index is 0.261. The lowest BCUT2D eigenvalue weighted by Crippen LogP contribution is -2.40. The van der Waals surface area contributed by atoms with E-state index in [-0.39, 0.29) is 24.1 Å². The lowest BCUT2D eigenvalue weighted by atomic mass is 9.86. The molecule has 3 fully saturated rings. The molecule has 170 valence electrons. The lowest BCUT2D eigenvalue weighted by molar-refractivity contribution is -0.134. The zero-order valence-corrected chi connectivity index (χ0v) is 18.1. The number of carbonyl (C=O) groups is 2. The number of carbonyl (C=O) groups excluding carboxylic acids is 2. The number of hydrogen-bond donors (Lipinski definition) is 3. The monoisotopic (exact) mass is 431 g/mol. The topological polar surface area (TPSA) is 100 Å². The maximum absolute atomic E-state index is 14.8. The summed E-state index contributed by atoms with van der Waals surface area (Å²) in [5.41, 5.74) is 6.88. The number of imide groups is 1. The second-order valence-corrected chi connectivity index (χ2v) is 9.43. The summed E-state index contributed by atoms with van der Waals surface area (Å²) in [5, 5.41) is 5.96. The van der Waals surface area contributed by atoms with Crippen molar-refractivity contribution in [1.29, 1.82) is 0 Å². The van der Waals surface area contributed by atoms with Gasteiger partial charge in [-0.15, -0.1) is 0 Å².